The van der Waals surface area contributed by atoms with E-state index in [0.717, 1.165) is 15.7 Å². The minimum absolute atomic E-state index is 0.0837. The Balaban J connectivity index is 2.33. The number of hydrogen-bond donors (Lipinski definition) is 0. The Morgan fingerprint density at radius 2 is 1.80 bits per heavy atom. The first-order valence-corrected chi connectivity index (χ1v) is 7.00. The van der Waals surface area contributed by atoms with Gasteiger partial charge in [0, 0.05) is 17.2 Å². The van der Waals surface area contributed by atoms with E-state index >= 15 is 0 Å². The van der Waals surface area contributed by atoms with Crippen molar-refractivity contribution in [3.8, 4) is 5.75 Å². The molecule has 0 atom stereocenters. The molecule has 0 fully saturated rings. The zero-order valence-corrected chi connectivity index (χ0v) is 13.3. The number of halogens is 1. The van der Waals surface area contributed by atoms with Crippen LogP contribution in [0.2, 0.25) is 0 Å². The van der Waals surface area contributed by atoms with Gasteiger partial charge in [-0.1, -0.05) is 17.7 Å². The maximum absolute atomic E-state index is 12.6. The van der Waals surface area contributed by atoms with Crippen LogP contribution in [0.5, 0.6) is 5.75 Å². The first-order chi connectivity index (χ1) is 9.52. The monoisotopic (exact) mass is 333 g/mol. The topological polar surface area (TPSA) is 29.5 Å². The van der Waals surface area contributed by atoms with E-state index in [4.69, 9.17) is 4.74 Å². The number of anilines is 1. The molecule has 0 aliphatic heterocycles. The fourth-order valence-corrected chi connectivity index (χ4v) is 2.28. The third-order valence-corrected chi connectivity index (χ3v) is 3.82. The van der Waals surface area contributed by atoms with Crippen LogP contribution in [0.25, 0.3) is 0 Å². The highest BCUT2D eigenvalue weighted by Crippen LogP contribution is 2.25. The SMILES string of the molecule is COc1ccc(Br)c(C(=O)N(C)c2ccc(C)cc2)c1. The van der Waals surface area contributed by atoms with E-state index < -0.39 is 0 Å². The third kappa shape index (κ3) is 3.02. The second-order valence-electron chi connectivity index (χ2n) is 4.55. The summed E-state index contributed by atoms with van der Waals surface area (Å²) in [5.41, 5.74) is 2.60. The number of nitrogens with zero attached hydrogens (tertiary/aromatic N) is 1. The largest absolute Gasteiger partial charge is 0.497 e. The Morgan fingerprint density at radius 1 is 1.15 bits per heavy atom. The number of hydrogen-bond acceptors (Lipinski definition) is 2. The lowest BCUT2D eigenvalue weighted by molar-refractivity contribution is 0.0992. The predicted octanol–water partition coefficient (Wildman–Crippen LogP) is 4.04. The molecule has 0 heterocycles. The van der Waals surface area contributed by atoms with Crippen LogP contribution in [-0.4, -0.2) is 20.1 Å². The summed E-state index contributed by atoms with van der Waals surface area (Å²) in [5, 5.41) is 0. The number of carbonyl (C=O) groups excluding carboxylic acids is 1. The minimum atomic E-state index is -0.0837. The van der Waals surface area contributed by atoms with Crippen molar-refractivity contribution in [1.29, 1.82) is 0 Å². The van der Waals surface area contributed by atoms with E-state index in [9.17, 15) is 4.79 Å². The average molecular weight is 334 g/mol. The molecule has 2 aromatic carbocycles. The molecule has 4 heteroatoms. The van der Waals surface area contributed by atoms with Gasteiger partial charge < -0.3 is 9.64 Å². The van der Waals surface area contributed by atoms with Crippen LogP contribution in [0, 0.1) is 6.92 Å². The molecule has 0 aromatic heterocycles. The molecule has 0 N–H and O–H groups in total. The Morgan fingerprint density at radius 3 is 2.40 bits per heavy atom. The van der Waals surface area contributed by atoms with Gasteiger partial charge in [0.2, 0.25) is 0 Å². The van der Waals surface area contributed by atoms with Crippen LogP contribution in [0.4, 0.5) is 5.69 Å². The fraction of sp³-hybridized carbons (Fsp3) is 0.188. The van der Waals surface area contributed by atoms with Crippen LogP contribution in [0.15, 0.2) is 46.9 Å². The molecule has 0 aliphatic carbocycles. The Kier molecular flexibility index (Phi) is 4.45. The van der Waals surface area contributed by atoms with Gasteiger partial charge in [0.15, 0.2) is 0 Å². The quantitative estimate of drug-likeness (QED) is 0.848. The van der Waals surface area contributed by atoms with Gasteiger partial charge in [0.1, 0.15) is 5.75 Å². The van der Waals surface area contributed by atoms with Gasteiger partial charge in [-0.15, -0.1) is 0 Å². The molecule has 1 amide bonds. The first kappa shape index (κ1) is 14.6. The summed E-state index contributed by atoms with van der Waals surface area (Å²) in [6.07, 6.45) is 0. The zero-order valence-electron chi connectivity index (χ0n) is 11.7. The standard InChI is InChI=1S/C16H16BrNO2/c1-11-4-6-12(7-5-11)18(2)16(19)14-10-13(20-3)8-9-15(14)17/h4-10H,1-3H3. The summed E-state index contributed by atoms with van der Waals surface area (Å²) in [5.74, 6) is 0.577. The number of ether oxygens (including phenoxy) is 1. The molecule has 0 aliphatic rings. The van der Waals surface area contributed by atoms with Gasteiger partial charge in [-0.3, -0.25) is 4.79 Å². The molecule has 0 unspecified atom stereocenters. The summed E-state index contributed by atoms with van der Waals surface area (Å²) in [4.78, 5) is 14.2. The fourth-order valence-electron chi connectivity index (χ4n) is 1.86. The molecule has 0 bridgehead atoms. The molecule has 0 spiro atoms. The van der Waals surface area contributed by atoms with Crippen molar-refractivity contribution in [3.05, 3.63) is 58.1 Å². The van der Waals surface area contributed by atoms with Crippen molar-refractivity contribution >= 4 is 27.5 Å². The van der Waals surface area contributed by atoms with Crippen LogP contribution in [-0.2, 0) is 0 Å². The highest BCUT2D eigenvalue weighted by molar-refractivity contribution is 9.10. The Labute approximate surface area is 127 Å². The van der Waals surface area contributed by atoms with Crippen LogP contribution < -0.4 is 9.64 Å². The lowest BCUT2D eigenvalue weighted by Gasteiger charge is -2.18. The van der Waals surface area contributed by atoms with Gasteiger partial charge in [-0.25, -0.2) is 0 Å². The van der Waals surface area contributed by atoms with Crippen molar-refractivity contribution < 1.29 is 9.53 Å². The van der Waals surface area contributed by atoms with E-state index in [1.807, 2.05) is 43.3 Å². The van der Waals surface area contributed by atoms with Gasteiger partial charge in [-0.2, -0.15) is 0 Å². The van der Waals surface area contributed by atoms with Gasteiger partial charge in [-0.05, 0) is 53.2 Å². The summed E-state index contributed by atoms with van der Waals surface area (Å²) >= 11 is 3.41. The summed E-state index contributed by atoms with van der Waals surface area (Å²) in [6, 6.07) is 13.2. The molecule has 104 valence electrons. The molecule has 0 saturated heterocycles. The zero-order chi connectivity index (χ0) is 14.7. The molecule has 3 nitrogen and oxygen atoms in total. The van der Waals surface area contributed by atoms with Crippen LogP contribution in [0.3, 0.4) is 0 Å². The van der Waals surface area contributed by atoms with E-state index in [0.29, 0.717) is 11.3 Å². The van der Waals surface area contributed by atoms with E-state index in [-0.39, 0.29) is 5.91 Å². The van der Waals surface area contributed by atoms with Crippen molar-refractivity contribution in [2.45, 2.75) is 6.92 Å². The van der Waals surface area contributed by atoms with E-state index in [1.54, 1.807) is 25.1 Å². The van der Waals surface area contributed by atoms with E-state index in [2.05, 4.69) is 15.9 Å². The number of benzene rings is 2. The maximum Gasteiger partial charge on any atom is 0.259 e. The molecule has 2 aromatic rings. The maximum atomic E-state index is 12.6. The molecule has 2 rings (SSSR count). The van der Waals surface area contributed by atoms with Crippen molar-refractivity contribution in [1.82, 2.24) is 0 Å². The summed E-state index contributed by atoms with van der Waals surface area (Å²) in [7, 11) is 3.35. The lowest BCUT2D eigenvalue weighted by Crippen LogP contribution is -2.26. The second-order valence-corrected chi connectivity index (χ2v) is 5.40. The summed E-state index contributed by atoms with van der Waals surface area (Å²) in [6.45, 7) is 2.02. The second kappa shape index (κ2) is 6.09. The Bertz CT molecular complexity index is 623. The molecule has 0 radical (unpaired) electrons. The van der Waals surface area contributed by atoms with Crippen molar-refractivity contribution in [2.75, 3.05) is 19.1 Å². The highest BCUT2D eigenvalue weighted by atomic mass is 79.9. The number of amides is 1. The summed E-state index contributed by atoms with van der Waals surface area (Å²) < 4.78 is 5.92. The number of rotatable bonds is 3. The third-order valence-electron chi connectivity index (χ3n) is 3.13. The van der Waals surface area contributed by atoms with Crippen LogP contribution in [0.1, 0.15) is 15.9 Å². The number of carbonyl (C=O) groups is 1. The first-order valence-electron chi connectivity index (χ1n) is 6.21. The molecular formula is C16H16BrNO2. The molecule has 0 saturated carbocycles. The van der Waals surface area contributed by atoms with Gasteiger partial charge in [0.25, 0.3) is 5.91 Å². The average Bonchev–Trinajstić information content (AvgIpc) is 2.47. The van der Waals surface area contributed by atoms with Crippen LogP contribution >= 0.6 is 15.9 Å². The normalized spacial score (nSPS) is 10.2. The highest BCUT2D eigenvalue weighted by Gasteiger charge is 2.17. The smallest absolute Gasteiger partial charge is 0.259 e. The van der Waals surface area contributed by atoms with E-state index in [1.165, 1.54) is 0 Å². The van der Waals surface area contributed by atoms with Gasteiger partial charge >= 0.3 is 0 Å². The molecule has 20 heavy (non-hydrogen) atoms. The van der Waals surface area contributed by atoms with Crippen molar-refractivity contribution in [3.63, 3.8) is 0 Å². The number of aryl methyl sites for hydroxylation is 1. The molecular weight excluding hydrogens is 318 g/mol. The lowest BCUT2D eigenvalue weighted by atomic mass is 10.1. The number of methoxy groups -OCH3 is 1. The van der Waals surface area contributed by atoms with Gasteiger partial charge in [0.05, 0.1) is 12.7 Å². The minimum Gasteiger partial charge on any atom is -0.497 e. The van der Waals surface area contributed by atoms with Crippen molar-refractivity contribution in [2.24, 2.45) is 0 Å². The Hall–Kier alpha value is -1.81. The predicted molar refractivity (Wildman–Crippen MR) is 84.6 cm³/mol.